The third-order valence-electron chi connectivity index (χ3n) is 1.41. The third-order valence-corrected chi connectivity index (χ3v) is 3.49. The molecule has 0 bridgehead atoms. The van der Waals surface area contributed by atoms with Crippen LogP contribution in [0.4, 0.5) is 0 Å². The number of hydrogen-bond acceptors (Lipinski definition) is 4. The van der Waals surface area contributed by atoms with Crippen molar-refractivity contribution < 1.29 is 18.4 Å². The van der Waals surface area contributed by atoms with Crippen molar-refractivity contribution in [3.05, 3.63) is 0 Å². The number of hydrogen-bond donors (Lipinski definition) is 1. The van der Waals surface area contributed by atoms with Crippen molar-refractivity contribution in [2.24, 2.45) is 0 Å². The molecule has 84 valence electrons. The Morgan fingerprint density at radius 2 is 1.79 bits per heavy atom. The number of rotatable bonds is 7. The molecule has 0 fully saturated rings. The van der Waals surface area contributed by atoms with E-state index in [4.69, 9.17) is 9.05 Å². The van der Waals surface area contributed by atoms with E-state index in [0.717, 1.165) is 0 Å². The summed E-state index contributed by atoms with van der Waals surface area (Å²) >= 11 is 0. The molecular weight excluding hydrogens is 205 g/mol. The minimum absolute atomic E-state index is 0.149. The first-order valence-corrected chi connectivity index (χ1v) is 6.39. The van der Waals surface area contributed by atoms with E-state index in [1.54, 1.807) is 13.8 Å². The fourth-order valence-electron chi connectivity index (χ4n) is 0.929. The van der Waals surface area contributed by atoms with E-state index in [0.29, 0.717) is 19.8 Å². The van der Waals surface area contributed by atoms with Crippen LogP contribution in [0, 0.1) is 0 Å². The maximum absolute atomic E-state index is 11.8. The van der Waals surface area contributed by atoms with Gasteiger partial charge in [0, 0.05) is 13.5 Å². The van der Waals surface area contributed by atoms with E-state index in [9.17, 15) is 9.36 Å². The molecule has 0 aliphatic carbocycles. The SMILES string of the molecule is CCOP(=O)(CCNC(C)=O)OCC. The van der Waals surface area contributed by atoms with Crippen LogP contribution >= 0.6 is 7.60 Å². The summed E-state index contributed by atoms with van der Waals surface area (Å²) < 4.78 is 21.9. The average molecular weight is 223 g/mol. The highest BCUT2D eigenvalue weighted by Crippen LogP contribution is 2.47. The number of amides is 1. The van der Waals surface area contributed by atoms with E-state index < -0.39 is 7.60 Å². The lowest BCUT2D eigenvalue weighted by atomic mass is 10.6. The van der Waals surface area contributed by atoms with Crippen molar-refractivity contribution in [2.75, 3.05) is 25.9 Å². The average Bonchev–Trinajstić information content (AvgIpc) is 2.03. The number of carbonyl (C=O) groups is 1. The predicted octanol–water partition coefficient (Wildman–Crippen LogP) is 1.39. The van der Waals surface area contributed by atoms with Gasteiger partial charge < -0.3 is 14.4 Å². The van der Waals surface area contributed by atoms with Crippen LogP contribution < -0.4 is 5.32 Å². The second kappa shape index (κ2) is 6.98. The highest BCUT2D eigenvalue weighted by Gasteiger charge is 2.22. The van der Waals surface area contributed by atoms with Gasteiger partial charge in [-0.25, -0.2) is 0 Å². The predicted molar refractivity (Wildman–Crippen MR) is 54.4 cm³/mol. The van der Waals surface area contributed by atoms with Gasteiger partial charge in [-0.3, -0.25) is 9.36 Å². The first kappa shape index (κ1) is 13.6. The normalized spacial score (nSPS) is 11.4. The van der Waals surface area contributed by atoms with Crippen LogP contribution in [0.5, 0.6) is 0 Å². The largest absolute Gasteiger partial charge is 0.356 e. The summed E-state index contributed by atoms with van der Waals surface area (Å²) in [7, 11) is -2.99. The molecular formula is C8H18NO4P. The van der Waals surface area contributed by atoms with Gasteiger partial charge in [0.1, 0.15) is 0 Å². The molecule has 0 aliphatic rings. The van der Waals surface area contributed by atoms with Gasteiger partial charge >= 0.3 is 7.60 Å². The monoisotopic (exact) mass is 223 g/mol. The minimum Gasteiger partial charge on any atom is -0.356 e. The second-order valence-electron chi connectivity index (χ2n) is 2.65. The van der Waals surface area contributed by atoms with Crippen LogP contribution in [0.1, 0.15) is 20.8 Å². The lowest BCUT2D eigenvalue weighted by Crippen LogP contribution is -2.24. The molecule has 0 heterocycles. The van der Waals surface area contributed by atoms with Crippen molar-refractivity contribution >= 4 is 13.5 Å². The molecule has 0 unspecified atom stereocenters. The molecule has 0 saturated carbocycles. The lowest BCUT2D eigenvalue weighted by molar-refractivity contribution is -0.118. The molecule has 14 heavy (non-hydrogen) atoms. The molecule has 0 rings (SSSR count). The van der Waals surface area contributed by atoms with Crippen LogP contribution in [0.2, 0.25) is 0 Å². The molecule has 6 heteroatoms. The first-order chi connectivity index (χ1) is 6.54. The summed E-state index contributed by atoms with van der Waals surface area (Å²) in [4.78, 5) is 10.6. The summed E-state index contributed by atoms with van der Waals surface area (Å²) in [5.41, 5.74) is 0. The van der Waals surface area contributed by atoms with Crippen molar-refractivity contribution in [3.63, 3.8) is 0 Å². The fraction of sp³-hybridized carbons (Fsp3) is 0.875. The van der Waals surface area contributed by atoms with Gasteiger partial charge in [-0.15, -0.1) is 0 Å². The highest BCUT2D eigenvalue weighted by molar-refractivity contribution is 7.53. The van der Waals surface area contributed by atoms with Gasteiger partial charge in [0.2, 0.25) is 5.91 Å². The van der Waals surface area contributed by atoms with Crippen molar-refractivity contribution in [1.29, 1.82) is 0 Å². The van der Waals surface area contributed by atoms with Crippen LogP contribution in [-0.2, 0) is 18.4 Å². The topological polar surface area (TPSA) is 64.6 Å². The Hall–Kier alpha value is -0.380. The Morgan fingerprint density at radius 3 is 2.14 bits per heavy atom. The van der Waals surface area contributed by atoms with Crippen molar-refractivity contribution in [3.8, 4) is 0 Å². The van der Waals surface area contributed by atoms with Gasteiger partial charge in [0.25, 0.3) is 0 Å². The second-order valence-corrected chi connectivity index (χ2v) is 4.84. The summed E-state index contributed by atoms with van der Waals surface area (Å²) in [6, 6.07) is 0. The first-order valence-electron chi connectivity index (χ1n) is 4.66. The molecule has 0 aliphatic heterocycles. The summed E-state index contributed by atoms with van der Waals surface area (Å²) in [5, 5.41) is 2.55. The Labute approximate surface area is 84.7 Å². The maximum Gasteiger partial charge on any atom is 0.332 e. The van der Waals surface area contributed by atoms with Crippen molar-refractivity contribution in [1.82, 2.24) is 5.32 Å². The van der Waals surface area contributed by atoms with Gasteiger partial charge in [-0.2, -0.15) is 0 Å². The van der Waals surface area contributed by atoms with Crippen LogP contribution in [0.25, 0.3) is 0 Å². The molecule has 0 radical (unpaired) electrons. The Morgan fingerprint density at radius 1 is 1.29 bits per heavy atom. The Kier molecular flexibility index (Phi) is 6.79. The minimum atomic E-state index is -2.99. The summed E-state index contributed by atoms with van der Waals surface area (Å²) in [5.74, 6) is -0.149. The van der Waals surface area contributed by atoms with Gasteiger partial charge in [0.05, 0.1) is 19.4 Å². The standard InChI is InChI=1S/C8H18NO4P/c1-4-12-14(11,13-5-2)7-6-9-8(3)10/h4-7H2,1-3H3,(H,9,10). The van der Waals surface area contributed by atoms with Gasteiger partial charge in [-0.05, 0) is 13.8 Å². The Balaban J connectivity index is 3.96. The lowest BCUT2D eigenvalue weighted by Gasteiger charge is -2.16. The molecule has 0 atom stereocenters. The van der Waals surface area contributed by atoms with Gasteiger partial charge in [0.15, 0.2) is 0 Å². The highest BCUT2D eigenvalue weighted by atomic mass is 31.2. The van der Waals surface area contributed by atoms with E-state index in [-0.39, 0.29) is 12.1 Å². The zero-order valence-corrected chi connectivity index (χ0v) is 9.80. The molecule has 0 aromatic rings. The summed E-state index contributed by atoms with van der Waals surface area (Å²) in [6.45, 7) is 5.92. The molecule has 1 amide bonds. The van der Waals surface area contributed by atoms with E-state index >= 15 is 0 Å². The van der Waals surface area contributed by atoms with E-state index in [1.165, 1.54) is 6.92 Å². The summed E-state index contributed by atoms with van der Waals surface area (Å²) in [6.07, 6.45) is 0.217. The molecule has 0 aromatic heterocycles. The van der Waals surface area contributed by atoms with Crippen LogP contribution in [-0.4, -0.2) is 31.8 Å². The number of nitrogens with one attached hydrogen (secondary N) is 1. The van der Waals surface area contributed by atoms with E-state index in [2.05, 4.69) is 5.32 Å². The molecule has 5 nitrogen and oxygen atoms in total. The third kappa shape index (κ3) is 6.13. The van der Waals surface area contributed by atoms with Crippen LogP contribution in [0.3, 0.4) is 0 Å². The number of carbonyl (C=O) groups excluding carboxylic acids is 1. The van der Waals surface area contributed by atoms with Crippen molar-refractivity contribution in [2.45, 2.75) is 20.8 Å². The quantitative estimate of drug-likeness (QED) is 0.662. The fourth-order valence-corrected chi connectivity index (χ4v) is 2.43. The van der Waals surface area contributed by atoms with Crippen LogP contribution in [0.15, 0.2) is 0 Å². The maximum atomic E-state index is 11.8. The Bertz CT molecular complexity index is 209. The zero-order chi connectivity index (χ0) is 11.0. The molecule has 1 N–H and O–H groups in total. The van der Waals surface area contributed by atoms with Gasteiger partial charge in [-0.1, -0.05) is 0 Å². The molecule has 0 saturated heterocycles. The smallest absolute Gasteiger partial charge is 0.332 e. The van der Waals surface area contributed by atoms with E-state index in [1.807, 2.05) is 0 Å². The zero-order valence-electron chi connectivity index (χ0n) is 8.91. The molecule has 0 aromatic carbocycles. The molecule has 0 spiro atoms.